The van der Waals surface area contributed by atoms with Gasteiger partial charge in [0.2, 0.25) is 0 Å². The van der Waals surface area contributed by atoms with E-state index in [1.54, 1.807) is 6.08 Å². The SMILES string of the molecule is CC/C=C\C(O)C/C=C/C=C\C/C=C\C/C=C\CCCC(=O)O[C@H](COC(=O)CCC/C=C\C/C=C\C/C=C\CCCCCCCC)COP(=O)(O)OP(=O)(O)OC[C@H]1O[C@@H](n2ccc(N)nc2=O)[C@H](O)[C@@H]1O. The molecular weight excluding hydrogens is 985 g/mol. The number of nitrogen functional groups attached to an aromatic ring is 1. The maximum atomic E-state index is 12.8. The van der Waals surface area contributed by atoms with E-state index >= 15 is 0 Å². The molecule has 2 heterocycles. The van der Waals surface area contributed by atoms with Crippen LogP contribution in [0.25, 0.3) is 0 Å². The van der Waals surface area contributed by atoms with Gasteiger partial charge in [0, 0.05) is 19.0 Å². The van der Waals surface area contributed by atoms with Crippen LogP contribution in [0.15, 0.2) is 114 Å². The van der Waals surface area contributed by atoms with Gasteiger partial charge in [-0.15, -0.1) is 0 Å². The summed E-state index contributed by atoms with van der Waals surface area (Å²) in [5.74, 6) is -1.47. The van der Waals surface area contributed by atoms with Gasteiger partial charge in [-0.25, -0.2) is 13.9 Å². The molecule has 1 aliphatic rings. The van der Waals surface area contributed by atoms with Crippen LogP contribution >= 0.6 is 15.6 Å². The summed E-state index contributed by atoms with van der Waals surface area (Å²) in [4.78, 5) is 61.9. The molecule has 1 saturated heterocycles. The van der Waals surface area contributed by atoms with Crippen molar-refractivity contribution in [3.8, 4) is 0 Å². The van der Waals surface area contributed by atoms with Gasteiger partial charge >= 0.3 is 33.3 Å². The number of aromatic nitrogens is 2. The van der Waals surface area contributed by atoms with Crippen molar-refractivity contribution in [1.29, 1.82) is 0 Å². The molecule has 0 amide bonds. The normalized spacial score (nSPS) is 20.2. The number of phosphoric acid groups is 2. The third-order valence-corrected chi connectivity index (χ3v) is 13.3. The van der Waals surface area contributed by atoms with E-state index in [1.165, 1.54) is 44.6 Å². The molecular formula is C52H81N3O16P2. The zero-order chi connectivity index (χ0) is 53.6. The molecule has 73 heavy (non-hydrogen) atoms. The highest BCUT2D eigenvalue weighted by Crippen LogP contribution is 2.60. The molecule has 1 aromatic heterocycles. The first-order valence-corrected chi connectivity index (χ1v) is 28.3. The number of allylic oxidation sites excluding steroid dienone is 14. The number of ether oxygens (including phenoxy) is 3. The summed E-state index contributed by atoms with van der Waals surface area (Å²) >= 11 is 0. The molecule has 1 fully saturated rings. The second-order valence-electron chi connectivity index (χ2n) is 17.1. The van der Waals surface area contributed by atoms with Crippen LogP contribution in [0.4, 0.5) is 5.82 Å². The largest absolute Gasteiger partial charge is 0.481 e. The number of aliphatic hydroxyl groups excluding tert-OH is 3. The van der Waals surface area contributed by atoms with Crippen LogP contribution in [0.5, 0.6) is 0 Å². The molecule has 8 atom stereocenters. The van der Waals surface area contributed by atoms with Crippen LogP contribution in [0.3, 0.4) is 0 Å². The lowest BCUT2D eigenvalue weighted by Crippen LogP contribution is -2.36. The first-order valence-electron chi connectivity index (χ1n) is 25.4. The van der Waals surface area contributed by atoms with Crippen molar-refractivity contribution in [3.05, 3.63) is 120 Å². The van der Waals surface area contributed by atoms with E-state index in [4.69, 9.17) is 29.0 Å². The maximum absolute atomic E-state index is 12.8. The van der Waals surface area contributed by atoms with Crippen molar-refractivity contribution in [2.75, 3.05) is 25.6 Å². The van der Waals surface area contributed by atoms with Crippen molar-refractivity contribution < 1.29 is 71.4 Å². The molecule has 0 spiro atoms. The number of nitrogens with zero attached hydrogens (tertiary/aromatic N) is 2. The molecule has 0 saturated carbocycles. The number of hydrogen-bond donors (Lipinski definition) is 6. The topological polar surface area (TPSA) is 286 Å². The highest BCUT2D eigenvalue weighted by atomic mass is 31.3. The lowest BCUT2D eigenvalue weighted by molar-refractivity contribution is -0.161. The number of carbonyl (C=O) groups excluding carboxylic acids is 2. The van der Waals surface area contributed by atoms with Crippen molar-refractivity contribution in [2.45, 2.75) is 173 Å². The average molecular weight is 1070 g/mol. The van der Waals surface area contributed by atoms with E-state index in [0.29, 0.717) is 38.5 Å². The minimum atomic E-state index is -5.46. The third-order valence-electron chi connectivity index (χ3n) is 10.7. The lowest BCUT2D eigenvalue weighted by Gasteiger charge is -2.21. The van der Waals surface area contributed by atoms with Crippen LogP contribution in [-0.4, -0.2) is 96.9 Å². The molecule has 410 valence electrons. The highest BCUT2D eigenvalue weighted by Gasteiger charge is 2.46. The summed E-state index contributed by atoms with van der Waals surface area (Å²) in [6, 6.07) is 1.24. The van der Waals surface area contributed by atoms with E-state index in [1.807, 2.05) is 73.8 Å². The van der Waals surface area contributed by atoms with Crippen LogP contribution < -0.4 is 11.4 Å². The molecule has 2 rings (SSSR count). The summed E-state index contributed by atoms with van der Waals surface area (Å²) in [6.45, 7) is 1.79. The van der Waals surface area contributed by atoms with Gasteiger partial charge in [-0.05, 0) is 83.1 Å². The number of anilines is 1. The summed E-state index contributed by atoms with van der Waals surface area (Å²) < 4.78 is 56.6. The molecule has 1 aliphatic heterocycles. The number of esters is 2. The monoisotopic (exact) mass is 1070 g/mol. The van der Waals surface area contributed by atoms with E-state index < -0.39 is 89.8 Å². The minimum absolute atomic E-state index is 0.0291. The lowest BCUT2D eigenvalue weighted by atomic mass is 10.1. The quantitative estimate of drug-likeness (QED) is 0.0117. The van der Waals surface area contributed by atoms with Gasteiger partial charge in [0.1, 0.15) is 30.7 Å². The van der Waals surface area contributed by atoms with E-state index in [9.17, 15) is 48.6 Å². The zero-order valence-electron chi connectivity index (χ0n) is 42.5. The fraction of sp³-hybridized carbons (Fsp3) is 0.577. The number of unbranched alkanes of at least 4 members (excludes halogenated alkanes) is 8. The predicted molar refractivity (Wildman–Crippen MR) is 281 cm³/mol. The molecule has 19 nitrogen and oxygen atoms in total. The van der Waals surface area contributed by atoms with Crippen LogP contribution in [0.1, 0.15) is 142 Å². The van der Waals surface area contributed by atoms with Gasteiger partial charge in [0.25, 0.3) is 0 Å². The Morgan fingerprint density at radius 2 is 1.30 bits per heavy atom. The van der Waals surface area contributed by atoms with Crippen molar-refractivity contribution in [2.24, 2.45) is 0 Å². The predicted octanol–water partition coefficient (Wildman–Crippen LogP) is 9.41. The first-order chi connectivity index (χ1) is 35.1. The molecule has 7 N–H and O–H groups in total. The Balaban J connectivity index is 1.86. The summed E-state index contributed by atoms with van der Waals surface area (Å²) in [5.41, 5.74) is 4.57. The zero-order valence-corrected chi connectivity index (χ0v) is 44.3. The van der Waals surface area contributed by atoms with Gasteiger partial charge in [0.05, 0.1) is 19.3 Å². The van der Waals surface area contributed by atoms with Gasteiger partial charge in [0.15, 0.2) is 12.3 Å². The Morgan fingerprint density at radius 3 is 1.93 bits per heavy atom. The van der Waals surface area contributed by atoms with E-state index in [-0.39, 0.29) is 18.7 Å². The van der Waals surface area contributed by atoms with Crippen molar-refractivity contribution >= 4 is 33.4 Å². The standard InChI is InChI=1S/C52H81N3O16P2/c1-3-5-7-8-9-10-11-12-13-14-15-16-20-23-26-29-32-36-47(57)66-40-44(69-48(58)37-33-30-27-24-21-18-17-19-22-25-28-31-35-43(56)34-6-4-2)41-67-72(62,63)71-73(64,65)68-42-45-49(59)50(60)51(70-45)55-39-38-46(53)54-52(55)61/h6,12-13,15-18,22-28,31,34,38-39,43-45,49-51,56,59-60H,3-5,7-11,14,19-21,29-30,32-33,35-37,40-42H2,1-2H3,(H,62,63)(H,64,65)(H2,53,54,61)/b13-12-,16-15-,18-17-,25-22-,26-23-,27-24-,31-28+,34-6-/t43?,44-,45-,49-,50-,51-/m1/s1. The second-order valence-corrected chi connectivity index (χ2v) is 20.2. The fourth-order valence-electron chi connectivity index (χ4n) is 6.80. The molecule has 3 unspecified atom stereocenters. The van der Waals surface area contributed by atoms with Crippen molar-refractivity contribution in [3.63, 3.8) is 0 Å². The van der Waals surface area contributed by atoms with E-state index in [2.05, 4.69) is 40.5 Å². The van der Waals surface area contributed by atoms with E-state index in [0.717, 1.165) is 42.9 Å². The van der Waals surface area contributed by atoms with Crippen LogP contribution in [0, 0.1) is 0 Å². The number of carbonyl (C=O) groups is 2. The molecule has 0 aliphatic carbocycles. The van der Waals surface area contributed by atoms with Gasteiger partial charge in [-0.2, -0.15) is 9.29 Å². The molecule has 21 heteroatoms. The molecule has 1 aromatic rings. The average Bonchev–Trinajstić information content (AvgIpc) is 3.62. The Labute approximate surface area is 431 Å². The number of hydrogen-bond acceptors (Lipinski definition) is 16. The van der Waals surface area contributed by atoms with Crippen LogP contribution in [0.2, 0.25) is 0 Å². The van der Waals surface area contributed by atoms with Crippen molar-refractivity contribution in [1.82, 2.24) is 9.55 Å². The van der Waals surface area contributed by atoms with Gasteiger partial charge < -0.3 is 45.1 Å². The Kier molecular flexibility index (Phi) is 34.7. The number of aliphatic hydroxyl groups is 3. The Hall–Kier alpha value is -4.36. The highest BCUT2D eigenvalue weighted by molar-refractivity contribution is 7.61. The summed E-state index contributed by atoms with van der Waals surface area (Å²) in [6.07, 6.45) is 39.9. The smallest absolute Gasteiger partial charge is 0.462 e. The van der Waals surface area contributed by atoms with Gasteiger partial charge in [-0.3, -0.25) is 23.2 Å². The first kappa shape index (κ1) is 64.8. The number of phosphoric ester groups is 2. The third kappa shape index (κ3) is 31.9. The minimum Gasteiger partial charge on any atom is -0.462 e. The maximum Gasteiger partial charge on any atom is 0.481 e. The summed E-state index contributed by atoms with van der Waals surface area (Å²) in [7, 11) is -10.9. The molecule has 0 bridgehead atoms. The second kappa shape index (κ2) is 39.1. The molecule has 0 radical (unpaired) electrons. The Bertz CT molecular complexity index is 2120. The summed E-state index contributed by atoms with van der Waals surface area (Å²) in [5, 5.41) is 30.7. The van der Waals surface area contributed by atoms with Gasteiger partial charge in [-0.1, -0.05) is 143 Å². The Morgan fingerprint density at radius 1 is 0.740 bits per heavy atom. The fourth-order valence-corrected chi connectivity index (χ4v) is 8.91. The number of nitrogens with two attached hydrogens (primary N) is 1. The molecule has 0 aromatic carbocycles. The number of rotatable bonds is 40. The van der Waals surface area contributed by atoms with Crippen LogP contribution in [-0.2, 0) is 46.3 Å².